The van der Waals surface area contributed by atoms with Gasteiger partial charge in [0.15, 0.2) is 5.69 Å². The Morgan fingerprint density at radius 2 is 2.00 bits per heavy atom. The van der Waals surface area contributed by atoms with Crippen molar-refractivity contribution in [2.45, 2.75) is 12.7 Å². The first-order chi connectivity index (χ1) is 8.36. The summed E-state index contributed by atoms with van der Waals surface area (Å²) in [4.78, 5) is 0. The van der Waals surface area contributed by atoms with Gasteiger partial charge in [0.05, 0.1) is 17.3 Å². The van der Waals surface area contributed by atoms with Crippen LogP contribution in [0.15, 0.2) is 30.5 Å². The number of anilines is 1. The summed E-state index contributed by atoms with van der Waals surface area (Å²) in [6.07, 6.45) is -3.15. The molecule has 0 radical (unpaired) electrons. The van der Waals surface area contributed by atoms with Gasteiger partial charge in [-0.3, -0.25) is 4.68 Å². The predicted octanol–water partition coefficient (Wildman–Crippen LogP) is 3.19. The van der Waals surface area contributed by atoms with Crippen LogP contribution in [0.1, 0.15) is 11.3 Å². The highest BCUT2D eigenvalue weighted by molar-refractivity contribution is 6.33. The first kappa shape index (κ1) is 12.8. The molecule has 3 nitrogen and oxygen atoms in total. The number of nitrogens with zero attached hydrogens (tertiary/aromatic N) is 2. The van der Waals surface area contributed by atoms with Crippen LogP contribution >= 0.6 is 11.6 Å². The smallest absolute Gasteiger partial charge is 0.398 e. The van der Waals surface area contributed by atoms with Crippen molar-refractivity contribution in [3.63, 3.8) is 0 Å². The number of benzene rings is 1. The number of hydrogen-bond donors (Lipinski definition) is 1. The zero-order valence-corrected chi connectivity index (χ0v) is 9.83. The average molecular weight is 276 g/mol. The third kappa shape index (κ3) is 2.76. The Balaban J connectivity index is 2.19. The average Bonchev–Trinajstić information content (AvgIpc) is 2.72. The van der Waals surface area contributed by atoms with Crippen LogP contribution in [-0.2, 0) is 12.7 Å². The molecule has 0 spiro atoms. The first-order valence-corrected chi connectivity index (χ1v) is 5.38. The summed E-state index contributed by atoms with van der Waals surface area (Å²) >= 11 is 5.75. The highest BCUT2D eigenvalue weighted by atomic mass is 35.5. The molecule has 0 amide bonds. The second kappa shape index (κ2) is 4.53. The van der Waals surface area contributed by atoms with Crippen molar-refractivity contribution in [2.24, 2.45) is 0 Å². The molecule has 0 bridgehead atoms. The molecule has 0 atom stereocenters. The summed E-state index contributed by atoms with van der Waals surface area (Å²) in [5, 5.41) is 3.86. The third-order valence-electron chi connectivity index (χ3n) is 2.34. The molecule has 0 saturated heterocycles. The van der Waals surface area contributed by atoms with E-state index in [4.69, 9.17) is 17.3 Å². The van der Waals surface area contributed by atoms with Gasteiger partial charge in [-0.25, -0.2) is 0 Å². The van der Waals surface area contributed by atoms with E-state index in [2.05, 4.69) is 5.10 Å². The molecule has 0 aliphatic rings. The van der Waals surface area contributed by atoms with Crippen LogP contribution in [0.3, 0.4) is 0 Å². The van der Waals surface area contributed by atoms with Gasteiger partial charge in [-0.2, -0.15) is 18.3 Å². The van der Waals surface area contributed by atoms with Gasteiger partial charge in [0.1, 0.15) is 0 Å². The molecular weight excluding hydrogens is 267 g/mol. The molecule has 0 aliphatic carbocycles. The van der Waals surface area contributed by atoms with Crippen molar-refractivity contribution in [3.8, 4) is 0 Å². The highest BCUT2D eigenvalue weighted by Gasteiger charge is 2.33. The Kier molecular flexibility index (Phi) is 3.21. The summed E-state index contributed by atoms with van der Waals surface area (Å²) < 4.78 is 38.2. The van der Waals surface area contributed by atoms with Gasteiger partial charge in [0.25, 0.3) is 0 Å². The molecule has 18 heavy (non-hydrogen) atoms. The number of nitrogen functional groups attached to an aromatic ring is 1. The molecule has 2 N–H and O–H groups in total. The van der Waals surface area contributed by atoms with Crippen molar-refractivity contribution < 1.29 is 13.2 Å². The Labute approximate surface area is 106 Å². The lowest BCUT2D eigenvalue weighted by Crippen LogP contribution is -2.08. The minimum absolute atomic E-state index is 0.206. The monoisotopic (exact) mass is 275 g/mol. The van der Waals surface area contributed by atoms with Crippen LogP contribution in [0.25, 0.3) is 0 Å². The van der Waals surface area contributed by atoms with Gasteiger partial charge in [-0.15, -0.1) is 0 Å². The zero-order valence-electron chi connectivity index (χ0n) is 9.08. The number of aromatic nitrogens is 2. The standard InChI is InChI=1S/C11H9ClF3N3/c12-8-2-1-7(5-9(8)16)6-18-4-3-10(17-18)11(13,14)15/h1-5H,6,16H2. The van der Waals surface area contributed by atoms with Crippen LogP contribution in [0.2, 0.25) is 5.02 Å². The predicted molar refractivity (Wildman–Crippen MR) is 62.2 cm³/mol. The number of nitrogens with two attached hydrogens (primary N) is 1. The van der Waals surface area contributed by atoms with Crippen molar-refractivity contribution in [1.82, 2.24) is 9.78 Å². The van der Waals surface area contributed by atoms with E-state index >= 15 is 0 Å². The van der Waals surface area contributed by atoms with Gasteiger partial charge in [-0.1, -0.05) is 17.7 Å². The van der Waals surface area contributed by atoms with E-state index in [0.29, 0.717) is 10.7 Å². The third-order valence-corrected chi connectivity index (χ3v) is 2.68. The molecule has 96 valence electrons. The topological polar surface area (TPSA) is 43.8 Å². The summed E-state index contributed by atoms with van der Waals surface area (Å²) in [7, 11) is 0. The zero-order chi connectivity index (χ0) is 13.3. The lowest BCUT2D eigenvalue weighted by molar-refractivity contribution is -0.141. The minimum atomic E-state index is -4.43. The van der Waals surface area contributed by atoms with Gasteiger partial charge >= 0.3 is 6.18 Å². The molecule has 2 rings (SSSR count). The molecule has 7 heteroatoms. The molecular formula is C11H9ClF3N3. The number of hydrogen-bond acceptors (Lipinski definition) is 2. The second-order valence-corrected chi connectivity index (χ2v) is 4.16. The van der Waals surface area contributed by atoms with Crippen molar-refractivity contribution in [1.29, 1.82) is 0 Å². The molecule has 0 saturated carbocycles. The molecule has 1 aromatic heterocycles. The summed E-state index contributed by atoms with van der Waals surface area (Å²) in [6, 6.07) is 5.82. The Morgan fingerprint density at radius 1 is 1.28 bits per heavy atom. The number of alkyl halides is 3. The molecule has 0 unspecified atom stereocenters. The highest BCUT2D eigenvalue weighted by Crippen LogP contribution is 2.27. The lowest BCUT2D eigenvalue weighted by Gasteiger charge is -2.05. The summed E-state index contributed by atoms with van der Waals surface area (Å²) in [5.41, 5.74) is 5.81. The SMILES string of the molecule is Nc1cc(Cn2ccc(C(F)(F)F)n2)ccc1Cl. The van der Waals surface area contributed by atoms with Gasteiger partial charge in [-0.05, 0) is 23.8 Å². The molecule has 2 aromatic rings. The maximum Gasteiger partial charge on any atom is 0.435 e. The molecule has 1 heterocycles. The van der Waals surface area contributed by atoms with Crippen molar-refractivity contribution in [3.05, 3.63) is 46.7 Å². The van der Waals surface area contributed by atoms with Crippen LogP contribution < -0.4 is 5.73 Å². The fraction of sp³-hybridized carbons (Fsp3) is 0.182. The van der Waals surface area contributed by atoms with E-state index < -0.39 is 11.9 Å². The van der Waals surface area contributed by atoms with Crippen LogP contribution in [0.5, 0.6) is 0 Å². The Hall–Kier alpha value is -1.69. The maximum absolute atomic E-state index is 12.3. The largest absolute Gasteiger partial charge is 0.435 e. The number of halogens is 4. The Bertz CT molecular complexity index is 563. The van der Waals surface area contributed by atoms with Crippen LogP contribution in [0.4, 0.5) is 18.9 Å². The van der Waals surface area contributed by atoms with Crippen molar-refractivity contribution in [2.75, 3.05) is 5.73 Å². The van der Waals surface area contributed by atoms with Gasteiger partial charge in [0.2, 0.25) is 0 Å². The summed E-state index contributed by atoms with van der Waals surface area (Å²) in [5.74, 6) is 0. The number of rotatable bonds is 2. The fourth-order valence-electron chi connectivity index (χ4n) is 1.48. The van der Waals surface area contributed by atoms with E-state index in [1.807, 2.05) is 0 Å². The van der Waals surface area contributed by atoms with E-state index in [0.717, 1.165) is 11.6 Å². The minimum Gasteiger partial charge on any atom is -0.398 e. The quantitative estimate of drug-likeness (QED) is 0.856. The maximum atomic E-state index is 12.3. The van der Waals surface area contributed by atoms with E-state index in [1.165, 1.54) is 10.9 Å². The van der Waals surface area contributed by atoms with Crippen LogP contribution in [-0.4, -0.2) is 9.78 Å². The van der Waals surface area contributed by atoms with Gasteiger partial charge < -0.3 is 5.73 Å². The molecule has 1 aromatic carbocycles. The molecule has 0 fully saturated rings. The fourth-order valence-corrected chi connectivity index (χ4v) is 1.60. The van der Waals surface area contributed by atoms with Crippen LogP contribution in [0, 0.1) is 0 Å². The van der Waals surface area contributed by atoms with E-state index in [9.17, 15) is 13.2 Å². The Morgan fingerprint density at radius 3 is 2.56 bits per heavy atom. The van der Waals surface area contributed by atoms with Crippen molar-refractivity contribution >= 4 is 17.3 Å². The van der Waals surface area contributed by atoms with Gasteiger partial charge in [0, 0.05) is 6.20 Å². The molecule has 0 aliphatic heterocycles. The van der Waals surface area contributed by atoms with E-state index in [1.54, 1.807) is 18.2 Å². The normalized spacial score (nSPS) is 11.8. The first-order valence-electron chi connectivity index (χ1n) is 5.01. The van der Waals surface area contributed by atoms with E-state index in [-0.39, 0.29) is 6.54 Å². The second-order valence-electron chi connectivity index (χ2n) is 3.75. The lowest BCUT2D eigenvalue weighted by atomic mass is 10.2. The summed E-state index contributed by atoms with van der Waals surface area (Å²) in [6.45, 7) is 0.206.